The van der Waals surface area contributed by atoms with E-state index >= 15 is 0 Å². The first kappa shape index (κ1) is 20.4. The summed E-state index contributed by atoms with van der Waals surface area (Å²) in [4.78, 5) is 2.48. The number of alkyl halides is 6. The fraction of sp³-hybridized carbons (Fsp3) is 0.412. The fourth-order valence-corrected chi connectivity index (χ4v) is 4.33. The zero-order valence-corrected chi connectivity index (χ0v) is 15.4. The molecule has 0 bridgehead atoms. The van der Waals surface area contributed by atoms with Gasteiger partial charge in [0.25, 0.3) is 0 Å². The zero-order chi connectivity index (χ0) is 19.8. The standard InChI is InChI=1S/C17H15ClF6N2S/c18-14-2-1-13(27-14)15(26-5-3-25-4-6-26)10-7-11(16(19,20)21)9-12(8-10)17(22,23)24/h1-2,7-9,15,25H,3-6H2/t15-/m1/s1. The van der Waals surface area contributed by atoms with Crippen LogP contribution in [0.25, 0.3) is 0 Å². The molecule has 1 N–H and O–H groups in total. The van der Waals surface area contributed by atoms with Crippen LogP contribution in [0.5, 0.6) is 0 Å². The zero-order valence-electron chi connectivity index (χ0n) is 13.8. The first-order valence-electron chi connectivity index (χ1n) is 8.05. The van der Waals surface area contributed by atoms with Gasteiger partial charge < -0.3 is 5.32 Å². The van der Waals surface area contributed by atoms with Gasteiger partial charge in [-0.1, -0.05) is 11.6 Å². The second-order valence-corrected chi connectivity index (χ2v) is 7.92. The number of rotatable bonds is 3. The highest BCUT2D eigenvalue weighted by Gasteiger charge is 2.38. The lowest BCUT2D eigenvalue weighted by molar-refractivity contribution is -0.143. The Kier molecular flexibility index (Phi) is 5.77. The monoisotopic (exact) mass is 428 g/mol. The van der Waals surface area contributed by atoms with Crippen LogP contribution in [-0.4, -0.2) is 31.1 Å². The largest absolute Gasteiger partial charge is 0.416 e. The van der Waals surface area contributed by atoms with E-state index < -0.39 is 29.5 Å². The minimum Gasteiger partial charge on any atom is -0.314 e. The second-order valence-electron chi connectivity index (χ2n) is 6.17. The minimum absolute atomic E-state index is 0.0439. The van der Waals surface area contributed by atoms with Gasteiger partial charge in [0.05, 0.1) is 21.5 Å². The Morgan fingerprint density at radius 2 is 1.48 bits per heavy atom. The number of hydrogen-bond donors (Lipinski definition) is 1. The summed E-state index contributed by atoms with van der Waals surface area (Å²) in [7, 11) is 0. The van der Waals surface area contributed by atoms with Gasteiger partial charge in [-0.25, -0.2) is 0 Å². The molecule has 0 saturated carbocycles. The van der Waals surface area contributed by atoms with Crippen molar-refractivity contribution in [1.29, 1.82) is 0 Å². The van der Waals surface area contributed by atoms with Crippen molar-refractivity contribution in [1.82, 2.24) is 10.2 Å². The number of halogens is 7. The third-order valence-corrected chi connectivity index (χ3v) is 5.59. The molecular weight excluding hydrogens is 414 g/mol. The Morgan fingerprint density at radius 1 is 0.926 bits per heavy atom. The lowest BCUT2D eigenvalue weighted by Gasteiger charge is -2.35. The van der Waals surface area contributed by atoms with Crippen LogP contribution >= 0.6 is 22.9 Å². The number of thiophene rings is 1. The molecule has 2 heterocycles. The summed E-state index contributed by atoms with van der Waals surface area (Å²) in [6.45, 7) is 2.19. The Labute approximate surface area is 160 Å². The summed E-state index contributed by atoms with van der Waals surface area (Å²) in [5.74, 6) is 0. The number of hydrogen-bond acceptors (Lipinski definition) is 3. The third-order valence-electron chi connectivity index (χ3n) is 4.31. The Bertz CT molecular complexity index is 763. The van der Waals surface area contributed by atoms with Crippen LogP contribution in [0.4, 0.5) is 26.3 Å². The fourth-order valence-electron chi connectivity index (χ4n) is 3.11. The molecule has 0 amide bonds. The van der Waals surface area contributed by atoms with Gasteiger partial charge >= 0.3 is 12.4 Å². The van der Waals surface area contributed by atoms with Crippen LogP contribution in [0, 0.1) is 0 Å². The highest BCUT2D eigenvalue weighted by Crippen LogP contribution is 2.41. The maximum Gasteiger partial charge on any atom is 0.416 e. The van der Waals surface area contributed by atoms with Crippen molar-refractivity contribution >= 4 is 22.9 Å². The van der Waals surface area contributed by atoms with Crippen molar-refractivity contribution in [3.8, 4) is 0 Å². The number of nitrogens with one attached hydrogen (secondary N) is 1. The van der Waals surface area contributed by atoms with Crippen LogP contribution in [0.1, 0.15) is 27.6 Å². The molecule has 1 aliphatic rings. The van der Waals surface area contributed by atoms with Gasteiger partial charge in [-0.15, -0.1) is 11.3 Å². The van der Waals surface area contributed by atoms with Gasteiger partial charge in [-0.05, 0) is 35.9 Å². The summed E-state index contributed by atoms with van der Waals surface area (Å²) in [6.07, 6.45) is -9.76. The molecule has 10 heteroatoms. The van der Waals surface area contributed by atoms with Gasteiger partial charge in [0.15, 0.2) is 0 Å². The van der Waals surface area contributed by atoms with Crippen molar-refractivity contribution in [3.05, 3.63) is 56.2 Å². The molecule has 1 fully saturated rings. The molecule has 1 aromatic carbocycles. The molecule has 0 aliphatic carbocycles. The first-order valence-corrected chi connectivity index (χ1v) is 9.24. The maximum absolute atomic E-state index is 13.2. The average Bonchev–Trinajstić information content (AvgIpc) is 3.00. The predicted molar refractivity (Wildman–Crippen MR) is 92.1 cm³/mol. The summed E-state index contributed by atoms with van der Waals surface area (Å²) in [5, 5.41) is 3.12. The highest BCUT2D eigenvalue weighted by atomic mass is 35.5. The van der Waals surface area contributed by atoms with Crippen LogP contribution in [0.3, 0.4) is 0 Å². The molecule has 3 rings (SSSR count). The molecular formula is C17H15ClF6N2S. The average molecular weight is 429 g/mol. The van der Waals surface area contributed by atoms with Gasteiger partial charge in [0.2, 0.25) is 0 Å². The third kappa shape index (κ3) is 4.77. The van der Waals surface area contributed by atoms with Gasteiger partial charge in [0, 0.05) is 31.1 Å². The van der Waals surface area contributed by atoms with E-state index in [1.54, 1.807) is 12.1 Å². The van der Waals surface area contributed by atoms with Crippen LogP contribution in [0.2, 0.25) is 4.34 Å². The molecule has 2 nitrogen and oxygen atoms in total. The number of nitrogens with zero attached hydrogens (tertiary/aromatic N) is 1. The molecule has 1 atom stereocenters. The quantitative estimate of drug-likeness (QED) is 0.655. The molecule has 1 saturated heterocycles. The van der Waals surface area contributed by atoms with Gasteiger partial charge in [-0.3, -0.25) is 4.90 Å². The van der Waals surface area contributed by atoms with Crippen molar-refractivity contribution in [2.24, 2.45) is 0 Å². The van der Waals surface area contributed by atoms with Gasteiger partial charge in [0.1, 0.15) is 0 Å². The predicted octanol–water partition coefficient (Wildman–Crippen LogP) is 5.43. The van der Waals surface area contributed by atoms with Crippen molar-refractivity contribution in [3.63, 3.8) is 0 Å². The minimum atomic E-state index is -4.88. The summed E-state index contributed by atoms with van der Waals surface area (Å²) in [6, 6.07) is 4.26. The van der Waals surface area contributed by atoms with Crippen molar-refractivity contribution < 1.29 is 26.3 Å². The Morgan fingerprint density at radius 3 is 1.93 bits per heavy atom. The Hall–Kier alpha value is -1.29. The molecule has 0 unspecified atom stereocenters. The molecule has 2 aromatic rings. The van der Waals surface area contributed by atoms with E-state index in [2.05, 4.69) is 5.32 Å². The SMILES string of the molecule is FC(F)(F)c1cc([C@H](c2ccc(Cl)s2)N2CCNCC2)cc(C(F)(F)F)c1. The molecule has 0 spiro atoms. The van der Waals surface area contributed by atoms with E-state index in [1.807, 2.05) is 4.90 Å². The van der Waals surface area contributed by atoms with Crippen LogP contribution in [-0.2, 0) is 12.4 Å². The first-order chi connectivity index (χ1) is 12.6. The van der Waals surface area contributed by atoms with E-state index in [0.29, 0.717) is 35.4 Å². The van der Waals surface area contributed by atoms with Crippen LogP contribution in [0.15, 0.2) is 30.3 Å². The topological polar surface area (TPSA) is 15.3 Å². The smallest absolute Gasteiger partial charge is 0.314 e. The Balaban J connectivity index is 2.15. The lowest BCUT2D eigenvalue weighted by atomic mass is 9.97. The van der Waals surface area contributed by atoms with E-state index in [9.17, 15) is 26.3 Å². The summed E-state index contributed by atoms with van der Waals surface area (Å²) in [5.41, 5.74) is -2.66. The van der Waals surface area contributed by atoms with Crippen molar-refractivity contribution in [2.45, 2.75) is 18.4 Å². The summed E-state index contributed by atoms with van der Waals surface area (Å²) < 4.78 is 79.9. The molecule has 148 valence electrons. The molecule has 1 aliphatic heterocycles. The normalized spacial score (nSPS) is 17.9. The molecule has 1 aromatic heterocycles. The van der Waals surface area contributed by atoms with E-state index in [1.165, 1.54) is 0 Å². The lowest BCUT2D eigenvalue weighted by Crippen LogP contribution is -2.45. The molecule has 0 radical (unpaired) electrons. The summed E-state index contributed by atoms with van der Waals surface area (Å²) >= 11 is 7.12. The second kappa shape index (κ2) is 7.62. The molecule has 27 heavy (non-hydrogen) atoms. The maximum atomic E-state index is 13.2. The van der Waals surface area contributed by atoms with Gasteiger partial charge in [-0.2, -0.15) is 26.3 Å². The van der Waals surface area contributed by atoms with E-state index in [4.69, 9.17) is 11.6 Å². The number of benzene rings is 1. The van der Waals surface area contributed by atoms with Crippen LogP contribution < -0.4 is 5.32 Å². The highest BCUT2D eigenvalue weighted by molar-refractivity contribution is 7.16. The van der Waals surface area contributed by atoms with Crippen molar-refractivity contribution in [2.75, 3.05) is 26.2 Å². The van der Waals surface area contributed by atoms with E-state index in [-0.39, 0.29) is 11.6 Å². The van der Waals surface area contributed by atoms with E-state index in [0.717, 1.165) is 23.5 Å². The number of piperazine rings is 1.